The van der Waals surface area contributed by atoms with E-state index < -0.39 is 16.0 Å². The molecular weight excluding hydrogens is 366 g/mol. The lowest BCUT2D eigenvalue weighted by Gasteiger charge is -2.35. The zero-order valence-corrected chi connectivity index (χ0v) is 15.6. The lowest BCUT2D eigenvalue weighted by Crippen LogP contribution is -2.48. The highest BCUT2D eigenvalue weighted by atomic mass is 32.2. The standard InChI is InChI=1S/C19H19N3O4S/c1-26-19(23)17-4-2-3-5-18(17)27(24,25)22-12-10-21(11-13-22)16-8-6-15(14-20)7-9-16/h2-9H,10-13H2,1H3. The van der Waals surface area contributed by atoms with E-state index in [-0.39, 0.29) is 10.5 Å². The number of rotatable bonds is 4. The second-order valence-electron chi connectivity index (χ2n) is 6.04. The van der Waals surface area contributed by atoms with Gasteiger partial charge < -0.3 is 9.64 Å². The van der Waals surface area contributed by atoms with Crippen molar-refractivity contribution < 1.29 is 17.9 Å². The summed E-state index contributed by atoms with van der Waals surface area (Å²) in [5.41, 5.74) is 1.56. The highest BCUT2D eigenvalue weighted by Crippen LogP contribution is 2.24. The van der Waals surface area contributed by atoms with Crippen LogP contribution in [0.4, 0.5) is 5.69 Å². The number of nitrogens with zero attached hydrogens (tertiary/aromatic N) is 3. The van der Waals surface area contributed by atoms with Crippen LogP contribution in [-0.4, -0.2) is 52.0 Å². The molecule has 7 nitrogen and oxygen atoms in total. The molecule has 0 N–H and O–H groups in total. The fraction of sp³-hybridized carbons (Fsp3) is 0.263. The van der Waals surface area contributed by atoms with E-state index in [9.17, 15) is 13.2 Å². The van der Waals surface area contributed by atoms with Crippen molar-refractivity contribution >= 4 is 21.7 Å². The van der Waals surface area contributed by atoms with Gasteiger partial charge in [-0.05, 0) is 36.4 Å². The van der Waals surface area contributed by atoms with E-state index in [1.54, 1.807) is 24.3 Å². The van der Waals surface area contributed by atoms with Crippen molar-refractivity contribution in [1.29, 1.82) is 5.26 Å². The predicted molar refractivity (Wildman–Crippen MR) is 99.9 cm³/mol. The van der Waals surface area contributed by atoms with Gasteiger partial charge >= 0.3 is 5.97 Å². The van der Waals surface area contributed by atoms with Crippen LogP contribution in [0.25, 0.3) is 0 Å². The number of hydrogen-bond acceptors (Lipinski definition) is 6. The predicted octanol–water partition coefficient (Wildman–Crippen LogP) is 1.86. The molecule has 0 bridgehead atoms. The zero-order valence-electron chi connectivity index (χ0n) is 14.8. The van der Waals surface area contributed by atoms with Crippen LogP contribution in [0.15, 0.2) is 53.4 Å². The van der Waals surface area contributed by atoms with Crippen LogP contribution in [0.2, 0.25) is 0 Å². The quantitative estimate of drug-likeness (QED) is 0.746. The second kappa shape index (κ2) is 7.78. The van der Waals surface area contributed by atoms with Crippen molar-refractivity contribution in [2.45, 2.75) is 4.90 Å². The molecule has 140 valence electrons. The van der Waals surface area contributed by atoms with Gasteiger partial charge in [-0.1, -0.05) is 12.1 Å². The van der Waals surface area contributed by atoms with Gasteiger partial charge in [0.05, 0.1) is 29.2 Å². The minimum absolute atomic E-state index is 0.0366. The molecule has 0 aromatic heterocycles. The molecule has 1 aliphatic heterocycles. The molecule has 27 heavy (non-hydrogen) atoms. The molecule has 8 heteroatoms. The molecule has 0 saturated carbocycles. The summed E-state index contributed by atoms with van der Waals surface area (Å²) < 4.78 is 32.1. The molecular formula is C19H19N3O4S. The number of piperazine rings is 1. The fourth-order valence-electron chi connectivity index (χ4n) is 3.04. The number of methoxy groups -OCH3 is 1. The van der Waals surface area contributed by atoms with Crippen LogP contribution in [0.5, 0.6) is 0 Å². The Hall–Kier alpha value is -2.89. The van der Waals surface area contributed by atoms with Crippen molar-refractivity contribution in [3.8, 4) is 6.07 Å². The fourth-order valence-corrected chi connectivity index (χ4v) is 4.64. The van der Waals surface area contributed by atoms with Crippen LogP contribution in [0.3, 0.4) is 0 Å². The van der Waals surface area contributed by atoms with Gasteiger partial charge in [-0.2, -0.15) is 9.57 Å². The summed E-state index contributed by atoms with van der Waals surface area (Å²) in [7, 11) is -2.58. The van der Waals surface area contributed by atoms with Crippen molar-refractivity contribution in [1.82, 2.24) is 4.31 Å². The number of nitriles is 1. The molecule has 1 saturated heterocycles. The van der Waals surface area contributed by atoms with E-state index in [1.807, 2.05) is 12.1 Å². The van der Waals surface area contributed by atoms with Crippen LogP contribution < -0.4 is 4.90 Å². The number of esters is 1. The summed E-state index contributed by atoms with van der Waals surface area (Å²) >= 11 is 0. The van der Waals surface area contributed by atoms with Crippen molar-refractivity contribution in [2.24, 2.45) is 0 Å². The average Bonchev–Trinajstić information content (AvgIpc) is 2.73. The third-order valence-corrected chi connectivity index (χ3v) is 6.47. The SMILES string of the molecule is COC(=O)c1ccccc1S(=O)(=O)N1CCN(c2ccc(C#N)cc2)CC1. The first-order chi connectivity index (χ1) is 13.0. The summed E-state index contributed by atoms with van der Waals surface area (Å²) in [5.74, 6) is -0.676. The van der Waals surface area contributed by atoms with Gasteiger partial charge in [0, 0.05) is 31.9 Å². The largest absolute Gasteiger partial charge is 0.465 e. The Labute approximate surface area is 158 Å². The van der Waals surface area contributed by atoms with Crippen molar-refractivity contribution in [3.05, 3.63) is 59.7 Å². The molecule has 1 fully saturated rings. The van der Waals surface area contributed by atoms with Crippen molar-refractivity contribution in [3.63, 3.8) is 0 Å². The number of carbonyl (C=O) groups excluding carboxylic acids is 1. The maximum Gasteiger partial charge on any atom is 0.339 e. The van der Waals surface area contributed by atoms with E-state index in [0.717, 1.165) is 5.69 Å². The monoisotopic (exact) mass is 385 g/mol. The molecule has 3 rings (SSSR count). The summed E-state index contributed by atoms with van der Waals surface area (Å²) in [6.07, 6.45) is 0. The molecule has 0 aliphatic carbocycles. The maximum absolute atomic E-state index is 13.0. The molecule has 0 unspecified atom stereocenters. The normalized spacial score (nSPS) is 15.2. The van der Waals surface area contributed by atoms with E-state index in [2.05, 4.69) is 11.0 Å². The first-order valence-corrected chi connectivity index (χ1v) is 9.84. The summed E-state index contributed by atoms with van der Waals surface area (Å²) in [4.78, 5) is 13.9. The second-order valence-corrected chi connectivity index (χ2v) is 7.94. The Balaban J connectivity index is 1.77. The van der Waals surface area contributed by atoms with Gasteiger partial charge in [-0.15, -0.1) is 0 Å². The summed E-state index contributed by atoms with van der Waals surface area (Å²) in [6, 6.07) is 15.3. The number of anilines is 1. The summed E-state index contributed by atoms with van der Waals surface area (Å²) in [6.45, 7) is 1.65. The van der Waals surface area contributed by atoms with E-state index >= 15 is 0 Å². The molecule has 2 aromatic rings. The van der Waals surface area contributed by atoms with Crippen molar-refractivity contribution in [2.75, 3.05) is 38.2 Å². The number of hydrogen-bond donors (Lipinski definition) is 0. The third kappa shape index (κ3) is 3.79. The van der Waals surface area contributed by atoms with Gasteiger partial charge in [0.15, 0.2) is 0 Å². The smallest absolute Gasteiger partial charge is 0.339 e. The van der Waals surface area contributed by atoms with E-state index in [4.69, 9.17) is 10.00 Å². The third-order valence-electron chi connectivity index (χ3n) is 4.51. The average molecular weight is 385 g/mol. The molecule has 2 aromatic carbocycles. The topological polar surface area (TPSA) is 90.7 Å². The van der Waals surface area contributed by atoms with Gasteiger partial charge in [0.2, 0.25) is 10.0 Å². The Kier molecular flexibility index (Phi) is 5.44. The van der Waals surface area contributed by atoms with Gasteiger partial charge in [0.1, 0.15) is 0 Å². The van der Waals surface area contributed by atoms with Crippen LogP contribution in [0, 0.1) is 11.3 Å². The Morgan fingerprint density at radius 1 is 1.04 bits per heavy atom. The highest BCUT2D eigenvalue weighted by molar-refractivity contribution is 7.89. The molecule has 1 aliphatic rings. The number of benzene rings is 2. The van der Waals surface area contributed by atoms with Crippen LogP contribution in [-0.2, 0) is 14.8 Å². The lowest BCUT2D eigenvalue weighted by molar-refractivity contribution is 0.0596. The van der Waals surface area contributed by atoms with Crippen LogP contribution in [0.1, 0.15) is 15.9 Å². The van der Waals surface area contributed by atoms with Gasteiger partial charge in [0.25, 0.3) is 0 Å². The minimum atomic E-state index is -3.80. The summed E-state index contributed by atoms with van der Waals surface area (Å²) in [5, 5.41) is 8.88. The number of sulfonamides is 1. The van der Waals surface area contributed by atoms with Crippen LogP contribution >= 0.6 is 0 Å². The Morgan fingerprint density at radius 3 is 2.26 bits per heavy atom. The zero-order chi connectivity index (χ0) is 19.4. The maximum atomic E-state index is 13.0. The first-order valence-electron chi connectivity index (χ1n) is 8.40. The number of ether oxygens (including phenoxy) is 1. The molecule has 1 heterocycles. The Morgan fingerprint density at radius 2 is 1.67 bits per heavy atom. The van der Waals surface area contributed by atoms with Gasteiger partial charge in [-0.3, -0.25) is 0 Å². The molecule has 0 atom stereocenters. The molecule has 0 amide bonds. The highest BCUT2D eigenvalue weighted by Gasteiger charge is 2.31. The minimum Gasteiger partial charge on any atom is -0.465 e. The van der Waals surface area contributed by atoms with E-state index in [0.29, 0.717) is 31.7 Å². The van der Waals surface area contributed by atoms with E-state index in [1.165, 1.54) is 23.5 Å². The number of carbonyl (C=O) groups is 1. The molecule has 0 spiro atoms. The Bertz CT molecular complexity index is 973. The van der Waals surface area contributed by atoms with Gasteiger partial charge in [-0.25, -0.2) is 13.2 Å². The lowest BCUT2D eigenvalue weighted by atomic mass is 10.2. The molecule has 0 radical (unpaired) electrons. The first kappa shape index (κ1) is 18.9.